The molecular weight excluding hydrogens is 212 g/mol. The first kappa shape index (κ1) is 13.8. The molecule has 0 radical (unpaired) electrons. The van der Waals surface area contributed by atoms with Crippen LogP contribution in [-0.4, -0.2) is 30.2 Å². The topological polar surface area (TPSA) is 32.3 Å². The van der Waals surface area contributed by atoms with Gasteiger partial charge in [0.1, 0.15) is 6.61 Å². The van der Waals surface area contributed by atoms with E-state index >= 15 is 0 Å². The molecule has 1 aliphatic carbocycles. The molecule has 1 aliphatic rings. The summed E-state index contributed by atoms with van der Waals surface area (Å²) in [5.41, 5.74) is 0.330. The van der Waals surface area contributed by atoms with Gasteiger partial charge in [0.05, 0.1) is 6.54 Å². The molecule has 0 aromatic heterocycles. The van der Waals surface area contributed by atoms with Gasteiger partial charge in [-0.1, -0.05) is 20.8 Å². The molecule has 1 saturated carbocycles. The van der Waals surface area contributed by atoms with Gasteiger partial charge < -0.3 is 10.4 Å². The SMILES string of the molecule is CC1CC(C)(C)CCC1NCC(F)(F)CO. The summed E-state index contributed by atoms with van der Waals surface area (Å²) in [5.74, 6) is -2.58. The van der Waals surface area contributed by atoms with Crippen LogP contribution < -0.4 is 5.32 Å². The van der Waals surface area contributed by atoms with Crippen molar-refractivity contribution in [3.63, 3.8) is 0 Å². The Morgan fingerprint density at radius 1 is 1.44 bits per heavy atom. The maximum absolute atomic E-state index is 12.9. The first-order chi connectivity index (χ1) is 7.26. The van der Waals surface area contributed by atoms with Crippen molar-refractivity contribution in [3.8, 4) is 0 Å². The molecule has 16 heavy (non-hydrogen) atoms. The van der Waals surface area contributed by atoms with E-state index in [0.717, 1.165) is 19.3 Å². The second kappa shape index (κ2) is 4.96. The number of aliphatic hydroxyl groups excluding tert-OH is 1. The first-order valence-corrected chi connectivity index (χ1v) is 5.98. The number of nitrogens with one attached hydrogen (secondary N) is 1. The van der Waals surface area contributed by atoms with E-state index in [1.54, 1.807) is 0 Å². The predicted molar refractivity (Wildman–Crippen MR) is 60.6 cm³/mol. The summed E-state index contributed by atoms with van der Waals surface area (Å²) < 4.78 is 25.7. The molecule has 0 spiro atoms. The molecule has 96 valence electrons. The van der Waals surface area contributed by atoms with Gasteiger partial charge in [-0.2, -0.15) is 0 Å². The maximum Gasteiger partial charge on any atom is 0.282 e. The average Bonchev–Trinajstić information content (AvgIpc) is 2.15. The number of alkyl halides is 2. The van der Waals surface area contributed by atoms with Crippen LogP contribution in [0.25, 0.3) is 0 Å². The fraction of sp³-hybridized carbons (Fsp3) is 1.00. The minimum absolute atomic E-state index is 0.158. The quantitative estimate of drug-likeness (QED) is 0.784. The smallest absolute Gasteiger partial charge is 0.282 e. The van der Waals surface area contributed by atoms with Gasteiger partial charge in [0.15, 0.2) is 0 Å². The van der Waals surface area contributed by atoms with Crippen molar-refractivity contribution >= 4 is 0 Å². The molecule has 0 aromatic rings. The molecule has 0 saturated heterocycles. The summed E-state index contributed by atoms with van der Waals surface area (Å²) >= 11 is 0. The number of halogens is 2. The standard InChI is InChI=1S/C12H23F2NO/c1-9-6-11(2,3)5-4-10(9)15-7-12(13,14)8-16/h9-10,15-16H,4-8H2,1-3H3. The lowest BCUT2D eigenvalue weighted by atomic mass is 9.70. The molecule has 1 rings (SSSR count). The lowest BCUT2D eigenvalue weighted by Crippen LogP contribution is -2.47. The van der Waals surface area contributed by atoms with Crippen LogP contribution in [0.4, 0.5) is 8.78 Å². The van der Waals surface area contributed by atoms with Crippen molar-refractivity contribution in [1.29, 1.82) is 0 Å². The Bertz CT molecular complexity index is 231. The van der Waals surface area contributed by atoms with Gasteiger partial charge in [0.2, 0.25) is 0 Å². The van der Waals surface area contributed by atoms with Crippen molar-refractivity contribution in [1.82, 2.24) is 5.32 Å². The van der Waals surface area contributed by atoms with Crippen LogP contribution in [0.15, 0.2) is 0 Å². The van der Waals surface area contributed by atoms with Crippen molar-refractivity contribution in [2.45, 2.75) is 52.0 Å². The Balaban J connectivity index is 2.39. The fourth-order valence-electron chi connectivity index (χ4n) is 2.59. The third-order valence-electron chi connectivity index (χ3n) is 3.55. The van der Waals surface area contributed by atoms with E-state index in [4.69, 9.17) is 5.11 Å². The molecule has 2 atom stereocenters. The van der Waals surface area contributed by atoms with E-state index in [-0.39, 0.29) is 6.04 Å². The molecule has 2 unspecified atom stereocenters. The Morgan fingerprint density at radius 3 is 2.56 bits per heavy atom. The molecule has 0 aliphatic heterocycles. The Hall–Kier alpha value is -0.220. The van der Waals surface area contributed by atoms with Crippen LogP contribution in [0, 0.1) is 11.3 Å². The van der Waals surface area contributed by atoms with Gasteiger partial charge in [0.25, 0.3) is 5.92 Å². The zero-order valence-corrected chi connectivity index (χ0v) is 10.4. The average molecular weight is 235 g/mol. The molecule has 0 amide bonds. The Labute approximate surface area is 96.4 Å². The summed E-state index contributed by atoms with van der Waals surface area (Å²) in [6.45, 7) is 5.06. The molecular formula is C12H23F2NO. The molecule has 2 nitrogen and oxygen atoms in total. The molecule has 0 heterocycles. The minimum Gasteiger partial charge on any atom is -0.390 e. The van der Waals surface area contributed by atoms with Gasteiger partial charge in [0, 0.05) is 6.04 Å². The van der Waals surface area contributed by atoms with E-state index < -0.39 is 19.1 Å². The second-order valence-electron chi connectivity index (χ2n) is 5.89. The highest BCUT2D eigenvalue weighted by molar-refractivity contribution is 4.87. The summed E-state index contributed by atoms with van der Waals surface area (Å²) in [6.07, 6.45) is 3.07. The Kier molecular flexibility index (Phi) is 4.29. The van der Waals surface area contributed by atoms with Crippen molar-refractivity contribution in [2.24, 2.45) is 11.3 Å². The van der Waals surface area contributed by atoms with Crippen LogP contribution in [0.1, 0.15) is 40.0 Å². The zero-order valence-electron chi connectivity index (χ0n) is 10.4. The minimum atomic E-state index is -2.99. The van der Waals surface area contributed by atoms with Crippen molar-refractivity contribution < 1.29 is 13.9 Å². The van der Waals surface area contributed by atoms with Crippen LogP contribution in [-0.2, 0) is 0 Å². The molecule has 1 fully saturated rings. The van der Waals surface area contributed by atoms with Crippen LogP contribution in [0.5, 0.6) is 0 Å². The zero-order chi connectivity index (χ0) is 12.4. The van der Waals surface area contributed by atoms with E-state index in [0.29, 0.717) is 11.3 Å². The number of hydrogen-bond donors (Lipinski definition) is 2. The second-order valence-corrected chi connectivity index (χ2v) is 5.89. The van der Waals surface area contributed by atoms with E-state index in [2.05, 4.69) is 26.1 Å². The fourth-order valence-corrected chi connectivity index (χ4v) is 2.59. The van der Waals surface area contributed by atoms with Gasteiger partial charge >= 0.3 is 0 Å². The highest BCUT2D eigenvalue weighted by Gasteiger charge is 2.34. The first-order valence-electron chi connectivity index (χ1n) is 5.98. The largest absolute Gasteiger partial charge is 0.390 e. The highest BCUT2D eigenvalue weighted by atomic mass is 19.3. The van der Waals surface area contributed by atoms with Crippen LogP contribution in [0.3, 0.4) is 0 Å². The predicted octanol–water partition coefficient (Wildman–Crippen LogP) is 2.42. The van der Waals surface area contributed by atoms with E-state index in [1.165, 1.54) is 0 Å². The molecule has 0 aromatic carbocycles. The number of aliphatic hydroxyl groups is 1. The van der Waals surface area contributed by atoms with E-state index in [1.807, 2.05) is 0 Å². The summed E-state index contributed by atoms with van der Waals surface area (Å²) in [4.78, 5) is 0. The third kappa shape index (κ3) is 3.98. The molecule has 4 heteroatoms. The normalized spacial score (nSPS) is 30.4. The van der Waals surface area contributed by atoms with Gasteiger partial charge in [-0.3, -0.25) is 0 Å². The summed E-state index contributed by atoms with van der Waals surface area (Å²) in [5, 5.41) is 11.4. The lowest BCUT2D eigenvalue weighted by molar-refractivity contribution is -0.0520. The lowest BCUT2D eigenvalue weighted by Gasteiger charge is -2.40. The number of rotatable bonds is 4. The Morgan fingerprint density at radius 2 is 2.06 bits per heavy atom. The van der Waals surface area contributed by atoms with Crippen molar-refractivity contribution in [3.05, 3.63) is 0 Å². The molecule has 2 N–H and O–H groups in total. The number of hydrogen-bond acceptors (Lipinski definition) is 2. The highest BCUT2D eigenvalue weighted by Crippen LogP contribution is 2.38. The van der Waals surface area contributed by atoms with Gasteiger partial charge in [-0.05, 0) is 30.6 Å². The van der Waals surface area contributed by atoms with E-state index in [9.17, 15) is 8.78 Å². The van der Waals surface area contributed by atoms with Crippen LogP contribution in [0.2, 0.25) is 0 Å². The third-order valence-corrected chi connectivity index (χ3v) is 3.55. The van der Waals surface area contributed by atoms with Crippen LogP contribution >= 0.6 is 0 Å². The summed E-state index contributed by atoms with van der Waals surface area (Å²) in [6, 6.07) is 0.158. The van der Waals surface area contributed by atoms with Gasteiger partial charge in [-0.25, -0.2) is 8.78 Å². The maximum atomic E-state index is 12.9. The van der Waals surface area contributed by atoms with Gasteiger partial charge in [-0.15, -0.1) is 0 Å². The summed E-state index contributed by atoms with van der Waals surface area (Å²) in [7, 11) is 0. The van der Waals surface area contributed by atoms with Crippen molar-refractivity contribution in [2.75, 3.05) is 13.2 Å². The molecule has 0 bridgehead atoms. The monoisotopic (exact) mass is 235 g/mol.